The van der Waals surface area contributed by atoms with Crippen molar-refractivity contribution in [1.82, 2.24) is 9.97 Å². The number of nitrogens with zero attached hydrogens (tertiary/aromatic N) is 7. The number of allylic oxidation sites excluding steroid dienone is 1. The summed E-state index contributed by atoms with van der Waals surface area (Å²) in [5.41, 5.74) is 10.5. The van der Waals surface area contributed by atoms with Gasteiger partial charge in [0.05, 0.1) is 11.9 Å². The maximum atomic E-state index is 5.47. The maximum Gasteiger partial charge on any atom is 0.162 e. The van der Waals surface area contributed by atoms with E-state index in [-0.39, 0.29) is 23.2 Å². The molecule has 0 radical (unpaired) electrons. The normalized spacial score (nSPS) is 26.6. The molecule has 218 valence electrons. The van der Waals surface area contributed by atoms with E-state index in [0.29, 0.717) is 0 Å². The van der Waals surface area contributed by atoms with Crippen LogP contribution in [0.25, 0.3) is 5.57 Å². The molecule has 1 aliphatic carbocycles. The summed E-state index contributed by atoms with van der Waals surface area (Å²) in [5, 5.41) is 7.75. The minimum absolute atomic E-state index is 0.00615. The Morgan fingerprint density at radius 2 is 1.40 bits per heavy atom. The molecule has 0 amide bonds. The maximum absolute atomic E-state index is 5.47. The van der Waals surface area contributed by atoms with Gasteiger partial charge < -0.3 is 9.80 Å². The van der Waals surface area contributed by atoms with Gasteiger partial charge in [0.2, 0.25) is 0 Å². The summed E-state index contributed by atoms with van der Waals surface area (Å²) in [7, 11) is 2.19. The number of fused-ring (bicyclic) bond motifs is 15. The molecule has 0 saturated carbocycles. The first-order valence-electron chi connectivity index (χ1n) is 15.6. The van der Waals surface area contributed by atoms with Crippen LogP contribution in [0.1, 0.15) is 30.5 Å². The molecule has 45 heavy (non-hydrogen) atoms. The Hall–Kier alpha value is -5.43. The van der Waals surface area contributed by atoms with E-state index in [2.05, 4.69) is 155 Å². The number of benzene rings is 4. The fourth-order valence-corrected chi connectivity index (χ4v) is 9.20. The monoisotopic (exact) mass is 585 g/mol. The number of anilines is 5. The first kappa shape index (κ1) is 25.0. The number of hydrogen-bond donors (Lipinski definition) is 0. The highest BCUT2D eigenvalue weighted by molar-refractivity contribution is 6.15. The van der Waals surface area contributed by atoms with Gasteiger partial charge in [-0.1, -0.05) is 98.8 Å². The molecule has 5 aromatic rings. The average molecular weight is 586 g/mol. The zero-order chi connectivity index (χ0) is 30.1. The summed E-state index contributed by atoms with van der Waals surface area (Å²) >= 11 is 0. The van der Waals surface area contributed by atoms with Crippen molar-refractivity contribution in [3.05, 3.63) is 144 Å². The average Bonchev–Trinajstić information content (AvgIpc) is 3.63. The standard InChI is InChI=1S/C38H31N7/c1-37-27-19-11-13-21-29(27)44-30-22-39-23-40-34(30)42(3)36(44)38(37,2)32-31(37)26-18-10-12-20-28(26)45-35(32)43(25-16-8-5-9-17-25)33(41-45)24-14-6-4-7-15-24/h4-23,35-36H,1-3H3. The van der Waals surface area contributed by atoms with Crippen LogP contribution in [0.3, 0.4) is 0 Å². The second kappa shape index (κ2) is 8.39. The van der Waals surface area contributed by atoms with E-state index >= 15 is 0 Å². The van der Waals surface area contributed by atoms with Crippen molar-refractivity contribution in [2.45, 2.75) is 31.6 Å². The van der Waals surface area contributed by atoms with Crippen molar-refractivity contribution in [3.63, 3.8) is 0 Å². The Balaban J connectivity index is 1.29. The number of amidine groups is 1. The lowest BCUT2D eigenvalue weighted by Crippen LogP contribution is -2.72. The predicted octanol–water partition coefficient (Wildman–Crippen LogP) is 7.16. The van der Waals surface area contributed by atoms with Crippen molar-refractivity contribution >= 4 is 40.0 Å². The quantitative estimate of drug-likeness (QED) is 0.219. The number of hydrogen-bond acceptors (Lipinski definition) is 7. The fraction of sp³-hybridized carbons (Fsp3) is 0.184. The van der Waals surface area contributed by atoms with E-state index < -0.39 is 0 Å². The molecule has 0 saturated heterocycles. The molecular formula is C38H31N7. The van der Waals surface area contributed by atoms with Crippen molar-refractivity contribution in [3.8, 4) is 0 Å². The van der Waals surface area contributed by atoms with Crippen molar-refractivity contribution in [2.24, 2.45) is 10.5 Å². The van der Waals surface area contributed by atoms with Crippen molar-refractivity contribution in [1.29, 1.82) is 0 Å². The van der Waals surface area contributed by atoms with Gasteiger partial charge in [-0.25, -0.2) is 15.0 Å². The van der Waals surface area contributed by atoms with Gasteiger partial charge in [0, 0.05) is 40.4 Å². The second-order valence-corrected chi connectivity index (χ2v) is 12.9. The Morgan fingerprint density at radius 3 is 2.20 bits per heavy atom. The first-order chi connectivity index (χ1) is 22.0. The van der Waals surface area contributed by atoms with Gasteiger partial charge in [0.1, 0.15) is 18.2 Å². The highest BCUT2D eigenvalue weighted by Gasteiger charge is 2.74. The van der Waals surface area contributed by atoms with Gasteiger partial charge in [0.15, 0.2) is 17.8 Å². The zero-order valence-corrected chi connectivity index (χ0v) is 25.3. The van der Waals surface area contributed by atoms with E-state index in [1.807, 2.05) is 6.20 Å². The Kier molecular flexibility index (Phi) is 4.65. The van der Waals surface area contributed by atoms with Crippen molar-refractivity contribution in [2.75, 3.05) is 26.8 Å². The molecule has 5 aliphatic rings. The number of hydrazone groups is 1. The lowest BCUT2D eigenvalue weighted by molar-refractivity contribution is 0.150. The van der Waals surface area contributed by atoms with E-state index in [1.165, 1.54) is 28.0 Å². The van der Waals surface area contributed by atoms with Gasteiger partial charge in [-0.2, -0.15) is 5.10 Å². The molecule has 1 aromatic heterocycles. The van der Waals surface area contributed by atoms with Crippen molar-refractivity contribution < 1.29 is 0 Å². The number of rotatable bonds is 2. The molecule has 0 bridgehead atoms. The Morgan fingerprint density at radius 1 is 0.711 bits per heavy atom. The molecule has 0 spiro atoms. The van der Waals surface area contributed by atoms with Gasteiger partial charge in [-0.05, 0) is 41.0 Å². The second-order valence-electron chi connectivity index (χ2n) is 12.9. The van der Waals surface area contributed by atoms with E-state index in [9.17, 15) is 0 Å². The van der Waals surface area contributed by atoms with E-state index in [1.54, 1.807) is 6.33 Å². The Bertz CT molecular complexity index is 2110. The summed E-state index contributed by atoms with van der Waals surface area (Å²) in [4.78, 5) is 16.6. The van der Waals surface area contributed by atoms with Crippen LogP contribution in [-0.2, 0) is 5.41 Å². The lowest BCUT2D eigenvalue weighted by Gasteiger charge is -2.69. The third-order valence-corrected chi connectivity index (χ3v) is 11.1. The largest absolute Gasteiger partial charge is 0.336 e. The third-order valence-electron chi connectivity index (χ3n) is 11.1. The highest BCUT2D eigenvalue weighted by Crippen LogP contribution is 2.76. The molecule has 0 N–H and O–H groups in total. The van der Waals surface area contributed by atoms with Crippen LogP contribution >= 0.6 is 0 Å². The summed E-state index contributed by atoms with van der Waals surface area (Å²) in [6.45, 7) is 4.95. The van der Waals surface area contributed by atoms with Crippen LogP contribution in [0.5, 0.6) is 0 Å². The molecular weight excluding hydrogens is 554 g/mol. The summed E-state index contributed by atoms with van der Waals surface area (Å²) in [6, 6.07) is 39.1. The van der Waals surface area contributed by atoms with Crippen LogP contribution in [-0.4, -0.2) is 35.2 Å². The van der Waals surface area contributed by atoms with Gasteiger partial charge in [0.25, 0.3) is 0 Å². The predicted molar refractivity (Wildman–Crippen MR) is 180 cm³/mol. The molecule has 7 heteroatoms. The van der Waals surface area contributed by atoms with Gasteiger partial charge in [-0.3, -0.25) is 4.90 Å². The van der Waals surface area contributed by atoms with Crippen LogP contribution < -0.4 is 19.7 Å². The molecule has 4 aromatic carbocycles. The van der Waals surface area contributed by atoms with Gasteiger partial charge >= 0.3 is 0 Å². The summed E-state index contributed by atoms with van der Waals surface area (Å²) in [6.07, 6.45) is 3.49. The fourth-order valence-electron chi connectivity index (χ4n) is 9.20. The van der Waals surface area contributed by atoms with E-state index in [0.717, 1.165) is 34.3 Å². The topological polar surface area (TPSA) is 51.1 Å². The minimum atomic E-state index is -0.322. The van der Waals surface area contributed by atoms with Gasteiger partial charge in [-0.15, -0.1) is 0 Å². The smallest absolute Gasteiger partial charge is 0.162 e. The number of para-hydroxylation sites is 3. The summed E-state index contributed by atoms with van der Waals surface area (Å²) in [5.74, 6) is 1.92. The molecule has 10 rings (SSSR count). The number of aromatic nitrogens is 2. The van der Waals surface area contributed by atoms with E-state index in [4.69, 9.17) is 10.1 Å². The van der Waals surface area contributed by atoms with Crippen LogP contribution in [0, 0.1) is 5.41 Å². The van der Waals surface area contributed by atoms with Crippen LogP contribution in [0.15, 0.2) is 132 Å². The molecule has 0 fully saturated rings. The minimum Gasteiger partial charge on any atom is -0.336 e. The summed E-state index contributed by atoms with van der Waals surface area (Å²) < 4.78 is 0. The molecule has 4 atom stereocenters. The third kappa shape index (κ3) is 2.77. The highest BCUT2D eigenvalue weighted by atomic mass is 15.6. The molecule has 4 unspecified atom stereocenters. The SMILES string of the molecule is CN1c2ncncc2N2c3ccccc3C3(C)C4=C(C5N(N=C(c6ccccc6)N5c5ccccc5)c5ccccc54)C3(C)C12. The molecule has 5 heterocycles. The lowest BCUT2D eigenvalue weighted by atomic mass is 9.40. The Labute approximate surface area is 262 Å². The van der Waals surface area contributed by atoms with Crippen LogP contribution in [0.4, 0.5) is 28.6 Å². The molecule has 4 aliphatic heterocycles. The first-order valence-corrected chi connectivity index (χ1v) is 15.6. The zero-order valence-electron chi connectivity index (χ0n) is 25.3. The molecule has 7 nitrogen and oxygen atoms in total. The van der Waals surface area contributed by atoms with Crippen LogP contribution in [0.2, 0.25) is 0 Å².